The number of fused-ring (bicyclic) bond motifs is 2. The summed E-state index contributed by atoms with van der Waals surface area (Å²) in [7, 11) is 4.10. The number of hydrogen-bond acceptors (Lipinski definition) is 15. The molecule has 5 heterocycles. The van der Waals surface area contributed by atoms with Gasteiger partial charge in [0, 0.05) is 56.1 Å². The number of furan rings is 2. The molecule has 61 heavy (non-hydrogen) atoms. The third-order valence-electron chi connectivity index (χ3n) is 9.50. The molecule has 4 aromatic heterocycles. The van der Waals surface area contributed by atoms with Crippen LogP contribution in [-0.2, 0) is 0 Å². The zero-order valence-electron chi connectivity index (χ0n) is 33.4. The van der Waals surface area contributed by atoms with Crippen LogP contribution in [-0.4, -0.2) is 90.6 Å². The summed E-state index contributed by atoms with van der Waals surface area (Å²) in [6.45, 7) is 4.43. The Morgan fingerprint density at radius 2 is 1.25 bits per heavy atom. The number of carbonyl (C=O) groups is 3. The largest absolute Gasteiger partial charge is 0.497 e. The number of aryl methyl sites for hydroxylation is 2. The average Bonchev–Trinajstić information content (AvgIpc) is 3.82. The molecule has 0 atom stereocenters. The van der Waals surface area contributed by atoms with Gasteiger partial charge in [0.05, 0.1) is 27.0 Å². The van der Waals surface area contributed by atoms with Gasteiger partial charge in [-0.3, -0.25) is 0 Å². The molecule has 8 rings (SSSR count). The van der Waals surface area contributed by atoms with Crippen LogP contribution in [0.3, 0.4) is 0 Å². The van der Waals surface area contributed by atoms with E-state index in [0.717, 1.165) is 0 Å². The van der Waals surface area contributed by atoms with Crippen molar-refractivity contribution in [2.24, 2.45) is 0 Å². The standard InChI is InChI=1S/C42H37FN8O10/c1-24-19-30-36(58-24)46-38(56-4)34(44-30)50(40(52)49-17-15-48(16-18-49)27-21-26(43)22-29(23-27)55-3)32-13-9-10-14-33(32)61-42(54)51(41(53)60-28-11-7-6-8-12-28)35-39(57-5)47-37-31(45-35)20-25(2)59-37/h6-14,19-23H,15-18H2,1-5H3. The number of anilines is 4. The van der Waals surface area contributed by atoms with Crippen LogP contribution >= 0.6 is 0 Å². The zero-order chi connectivity index (χ0) is 42.8. The molecule has 0 spiro atoms. The van der Waals surface area contributed by atoms with Crippen molar-refractivity contribution in [2.45, 2.75) is 13.8 Å². The summed E-state index contributed by atoms with van der Waals surface area (Å²) in [6.07, 6.45) is -2.51. The number of ether oxygens (including phenoxy) is 5. The summed E-state index contributed by atoms with van der Waals surface area (Å²) in [5.74, 6) is 0.0240. The van der Waals surface area contributed by atoms with Crippen LogP contribution in [0.1, 0.15) is 11.5 Å². The van der Waals surface area contributed by atoms with Gasteiger partial charge < -0.3 is 42.3 Å². The Kier molecular flexibility index (Phi) is 10.9. The number of amides is 4. The SMILES string of the molecule is COc1cc(F)cc(N2CCN(C(=O)N(c3ccccc3OC(=O)N(C(=O)Oc3ccccc3)c3nc4cc(C)oc4nc3OC)c3nc4cc(C)oc4nc3OC)CC2)c1. The predicted octanol–water partition coefficient (Wildman–Crippen LogP) is 7.83. The highest BCUT2D eigenvalue weighted by Gasteiger charge is 2.37. The maximum atomic E-state index is 15.0. The molecule has 0 radical (unpaired) electrons. The molecule has 18 nitrogen and oxygen atoms in total. The van der Waals surface area contributed by atoms with Crippen molar-refractivity contribution in [1.82, 2.24) is 24.8 Å². The summed E-state index contributed by atoms with van der Waals surface area (Å²) >= 11 is 0. The Hall–Kier alpha value is -7.96. The fraction of sp³-hybridized carbons (Fsp3) is 0.214. The summed E-state index contributed by atoms with van der Waals surface area (Å²) in [5.41, 5.74) is 1.39. The van der Waals surface area contributed by atoms with Crippen molar-refractivity contribution in [2.75, 3.05) is 62.2 Å². The number of hydrogen-bond donors (Lipinski definition) is 0. The second kappa shape index (κ2) is 16.7. The van der Waals surface area contributed by atoms with E-state index < -0.39 is 24.0 Å². The summed E-state index contributed by atoms with van der Waals surface area (Å²) < 4.78 is 53.8. The first-order valence-corrected chi connectivity index (χ1v) is 18.7. The molecular weight excluding hydrogens is 796 g/mol. The van der Waals surface area contributed by atoms with Gasteiger partial charge in [0.2, 0.25) is 23.1 Å². The van der Waals surface area contributed by atoms with E-state index in [4.69, 9.17) is 37.5 Å². The first-order chi connectivity index (χ1) is 29.5. The number of rotatable bonds is 9. The highest BCUT2D eigenvalue weighted by molar-refractivity contribution is 6.11. The normalized spacial score (nSPS) is 12.6. The van der Waals surface area contributed by atoms with Crippen molar-refractivity contribution in [1.29, 1.82) is 0 Å². The Morgan fingerprint density at radius 1 is 0.656 bits per heavy atom. The summed E-state index contributed by atoms with van der Waals surface area (Å²) in [6, 6.07) is 21.2. The van der Waals surface area contributed by atoms with Gasteiger partial charge in [-0.15, -0.1) is 0 Å². The lowest BCUT2D eigenvalue weighted by atomic mass is 10.2. The van der Waals surface area contributed by atoms with Crippen LogP contribution in [0.5, 0.6) is 29.0 Å². The lowest BCUT2D eigenvalue weighted by molar-refractivity contribution is 0.189. The van der Waals surface area contributed by atoms with Crippen LogP contribution in [0, 0.1) is 19.7 Å². The van der Waals surface area contributed by atoms with E-state index in [9.17, 15) is 18.8 Å². The van der Waals surface area contributed by atoms with Crippen molar-refractivity contribution >= 4 is 63.7 Å². The minimum Gasteiger partial charge on any atom is -0.497 e. The van der Waals surface area contributed by atoms with Gasteiger partial charge in [-0.1, -0.05) is 30.3 Å². The number of piperazine rings is 1. The molecule has 1 aliphatic heterocycles. The van der Waals surface area contributed by atoms with Gasteiger partial charge in [0.25, 0.3) is 11.8 Å². The number of benzene rings is 3. The monoisotopic (exact) mass is 832 g/mol. The maximum Gasteiger partial charge on any atom is 0.431 e. The molecule has 1 fully saturated rings. The highest BCUT2D eigenvalue weighted by atomic mass is 19.1. The van der Waals surface area contributed by atoms with Gasteiger partial charge >= 0.3 is 18.2 Å². The topological polar surface area (TPSA) is 188 Å². The fourth-order valence-corrected chi connectivity index (χ4v) is 6.67. The molecule has 1 saturated heterocycles. The molecule has 0 unspecified atom stereocenters. The Balaban J connectivity index is 1.19. The molecule has 0 N–H and O–H groups in total. The Labute approximate surface area is 346 Å². The van der Waals surface area contributed by atoms with Crippen molar-refractivity contribution in [3.63, 3.8) is 0 Å². The van der Waals surface area contributed by atoms with E-state index in [1.807, 2.05) is 4.90 Å². The van der Waals surface area contributed by atoms with Gasteiger partial charge in [-0.05, 0) is 44.2 Å². The van der Waals surface area contributed by atoms with Crippen LogP contribution in [0.2, 0.25) is 0 Å². The number of nitrogens with zero attached hydrogens (tertiary/aromatic N) is 8. The maximum absolute atomic E-state index is 15.0. The van der Waals surface area contributed by atoms with Gasteiger partial charge in [0.15, 0.2) is 5.75 Å². The van der Waals surface area contributed by atoms with E-state index in [0.29, 0.717) is 46.5 Å². The van der Waals surface area contributed by atoms with E-state index >= 15 is 0 Å². The van der Waals surface area contributed by atoms with Crippen LogP contribution < -0.4 is 38.4 Å². The van der Waals surface area contributed by atoms with Crippen molar-refractivity contribution in [3.05, 3.63) is 102 Å². The number of halogens is 1. The van der Waals surface area contributed by atoms with E-state index in [1.165, 1.54) is 62.6 Å². The number of urea groups is 1. The summed E-state index contributed by atoms with van der Waals surface area (Å²) in [4.78, 5) is 66.7. The number of imide groups is 1. The molecule has 312 valence electrons. The average molecular weight is 833 g/mol. The number of methoxy groups -OCH3 is 3. The molecule has 0 saturated carbocycles. The fourth-order valence-electron chi connectivity index (χ4n) is 6.67. The first kappa shape index (κ1) is 39.8. The minimum atomic E-state index is -1.30. The number of aromatic nitrogens is 4. The van der Waals surface area contributed by atoms with E-state index in [1.54, 1.807) is 67.3 Å². The van der Waals surface area contributed by atoms with E-state index in [-0.39, 0.29) is 70.6 Å². The van der Waals surface area contributed by atoms with E-state index in [2.05, 4.69) is 15.0 Å². The zero-order valence-corrected chi connectivity index (χ0v) is 33.4. The Bertz CT molecular complexity index is 2770. The predicted molar refractivity (Wildman–Crippen MR) is 218 cm³/mol. The lowest BCUT2D eigenvalue weighted by Crippen LogP contribution is -2.52. The summed E-state index contributed by atoms with van der Waals surface area (Å²) in [5, 5.41) is 0. The van der Waals surface area contributed by atoms with Gasteiger partial charge in [-0.2, -0.15) is 14.9 Å². The second-order valence-electron chi connectivity index (χ2n) is 13.5. The quantitative estimate of drug-likeness (QED) is 0.137. The van der Waals surface area contributed by atoms with Crippen molar-refractivity contribution in [3.8, 4) is 29.0 Å². The third kappa shape index (κ3) is 8.07. The van der Waals surface area contributed by atoms with Crippen LogP contribution in [0.25, 0.3) is 22.5 Å². The first-order valence-electron chi connectivity index (χ1n) is 18.7. The molecule has 7 aromatic rings. The highest BCUT2D eigenvalue weighted by Crippen LogP contribution is 2.40. The Morgan fingerprint density at radius 3 is 1.89 bits per heavy atom. The molecule has 0 aliphatic carbocycles. The second-order valence-corrected chi connectivity index (χ2v) is 13.5. The van der Waals surface area contributed by atoms with Gasteiger partial charge in [-0.25, -0.2) is 33.6 Å². The molecule has 1 aliphatic rings. The number of para-hydroxylation sites is 3. The minimum absolute atomic E-state index is 0.0145. The molecule has 0 bridgehead atoms. The van der Waals surface area contributed by atoms with Crippen LogP contribution in [0.15, 0.2) is 93.8 Å². The van der Waals surface area contributed by atoms with Crippen LogP contribution in [0.4, 0.5) is 41.8 Å². The molecule has 3 aromatic carbocycles. The third-order valence-corrected chi connectivity index (χ3v) is 9.50. The number of carbonyl (C=O) groups excluding carboxylic acids is 3. The van der Waals surface area contributed by atoms with Crippen molar-refractivity contribution < 1.29 is 51.3 Å². The smallest absolute Gasteiger partial charge is 0.431 e. The molecule has 19 heteroatoms. The molecular formula is C42H37FN8O10. The van der Waals surface area contributed by atoms with Gasteiger partial charge in [0.1, 0.15) is 39.9 Å². The lowest BCUT2D eigenvalue weighted by Gasteiger charge is -2.38. The molecule has 4 amide bonds.